The molecule has 0 aliphatic carbocycles. The first-order chi connectivity index (χ1) is 14.5. The van der Waals surface area contributed by atoms with Crippen molar-refractivity contribution in [2.24, 2.45) is 0 Å². The number of alkyl halides is 3. The van der Waals surface area contributed by atoms with Gasteiger partial charge in [0, 0.05) is 18.8 Å². The summed E-state index contributed by atoms with van der Waals surface area (Å²) in [5.74, 6) is -1.80. The summed E-state index contributed by atoms with van der Waals surface area (Å²) in [5, 5.41) is 2.21. The van der Waals surface area contributed by atoms with Crippen LogP contribution in [0.25, 0.3) is 0 Å². The van der Waals surface area contributed by atoms with E-state index in [1.165, 1.54) is 28.6 Å². The summed E-state index contributed by atoms with van der Waals surface area (Å²) >= 11 is 0. The molecule has 2 aromatic carbocycles. The third kappa shape index (κ3) is 6.28. The van der Waals surface area contributed by atoms with Crippen molar-refractivity contribution in [1.82, 2.24) is 4.31 Å². The van der Waals surface area contributed by atoms with Gasteiger partial charge in [0.25, 0.3) is 5.91 Å². The van der Waals surface area contributed by atoms with Crippen LogP contribution in [0.1, 0.15) is 29.8 Å². The number of carbonyl (C=O) groups excluding carboxylic acids is 2. The lowest BCUT2D eigenvalue weighted by atomic mass is 10.2. The van der Waals surface area contributed by atoms with Crippen LogP contribution in [0.2, 0.25) is 0 Å². The zero-order chi connectivity index (χ0) is 23.2. The molecule has 0 bridgehead atoms. The van der Waals surface area contributed by atoms with Crippen molar-refractivity contribution in [1.29, 1.82) is 0 Å². The van der Waals surface area contributed by atoms with Gasteiger partial charge < -0.3 is 10.1 Å². The fraction of sp³-hybridized carbons (Fsp3) is 0.300. The zero-order valence-corrected chi connectivity index (χ0v) is 17.6. The highest BCUT2D eigenvalue weighted by atomic mass is 32.2. The molecule has 2 rings (SSSR count). The number of sulfonamides is 1. The smallest absolute Gasteiger partial charge is 0.416 e. The minimum Gasteiger partial charge on any atom is -0.452 e. The average molecular weight is 458 g/mol. The van der Waals surface area contributed by atoms with E-state index >= 15 is 0 Å². The summed E-state index contributed by atoms with van der Waals surface area (Å²) in [6, 6.07) is 9.18. The normalized spacial score (nSPS) is 11.9. The minimum absolute atomic E-state index is 0.0832. The number of nitrogens with one attached hydrogen (secondary N) is 1. The number of rotatable bonds is 8. The molecule has 11 heteroatoms. The SMILES string of the molecule is CCN(CC)S(=O)(=O)c1cccc(C(=O)OCC(=O)Nc2cccc(C(F)(F)F)c2)c1. The van der Waals surface area contributed by atoms with Gasteiger partial charge in [0.05, 0.1) is 16.0 Å². The first-order valence-corrected chi connectivity index (χ1v) is 10.7. The third-order valence-electron chi connectivity index (χ3n) is 4.22. The predicted octanol–water partition coefficient (Wildman–Crippen LogP) is 3.53. The van der Waals surface area contributed by atoms with Crippen LogP contribution in [0.5, 0.6) is 0 Å². The fourth-order valence-electron chi connectivity index (χ4n) is 2.68. The lowest BCUT2D eigenvalue weighted by Gasteiger charge is -2.18. The largest absolute Gasteiger partial charge is 0.452 e. The van der Waals surface area contributed by atoms with Crippen LogP contribution in [0.15, 0.2) is 53.4 Å². The molecule has 0 atom stereocenters. The Balaban J connectivity index is 2.04. The number of carbonyl (C=O) groups is 2. The summed E-state index contributed by atoms with van der Waals surface area (Å²) in [6.07, 6.45) is -4.57. The summed E-state index contributed by atoms with van der Waals surface area (Å²) in [6.45, 7) is 3.11. The molecular formula is C20H21F3N2O5S. The van der Waals surface area contributed by atoms with E-state index in [4.69, 9.17) is 4.74 Å². The van der Waals surface area contributed by atoms with Crippen LogP contribution in [-0.2, 0) is 25.7 Å². The van der Waals surface area contributed by atoms with Crippen molar-refractivity contribution >= 4 is 27.6 Å². The third-order valence-corrected chi connectivity index (χ3v) is 6.27. The predicted molar refractivity (Wildman–Crippen MR) is 107 cm³/mol. The Morgan fingerprint density at radius 2 is 1.68 bits per heavy atom. The van der Waals surface area contributed by atoms with Gasteiger partial charge in [-0.15, -0.1) is 0 Å². The molecule has 1 N–H and O–H groups in total. The second kappa shape index (κ2) is 9.92. The molecule has 0 spiro atoms. The van der Waals surface area contributed by atoms with E-state index in [1.807, 2.05) is 0 Å². The van der Waals surface area contributed by atoms with Gasteiger partial charge in [0.15, 0.2) is 6.61 Å². The Morgan fingerprint density at radius 3 is 2.29 bits per heavy atom. The van der Waals surface area contributed by atoms with Gasteiger partial charge in [-0.1, -0.05) is 26.0 Å². The maximum absolute atomic E-state index is 12.7. The molecule has 0 fully saturated rings. The van der Waals surface area contributed by atoms with E-state index in [-0.39, 0.29) is 29.2 Å². The molecule has 7 nitrogen and oxygen atoms in total. The second-order valence-electron chi connectivity index (χ2n) is 6.32. The maximum Gasteiger partial charge on any atom is 0.416 e. The number of hydrogen-bond acceptors (Lipinski definition) is 5. The monoisotopic (exact) mass is 458 g/mol. The number of amides is 1. The molecule has 0 radical (unpaired) electrons. The molecule has 0 aromatic heterocycles. The number of anilines is 1. The van der Waals surface area contributed by atoms with Crippen molar-refractivity contribution in [3.8, 4) is 0 Å². The molecule has 0 saturated heterocycles. The number of nitrogens with zero attached hydrogens (tertiary/aromatic N) is 1. The molecule has 0 heterocycles. The highest BCUT2D eigenvalue weighted by Gasteiger charge is 2.30. The molecule has 0 aliphatic rings. The molecule has 31 heavy (non-hydrogen) atoms. The lowest BCUT2D eigenvalue weighted by Crippen LogP contribution is -2.30. The average Bonchev–Trinajstić information content (AvgIpc) is 2.72. The van der Waals surface area contributed by atoms with Crippen LogP contribution in [0.4, 0.5) is 18.9 Å². The van der Waals surface area contributed by atoms with E-state index in [0.29, 0.717) is 0 Å². The van der Waals surface area contributed by atoms with Gasteiger partial charge in [-0.2, -0.15) is 17.5 Å². The first-order valence-electron chi connectivity index (χ1n) is 9.23. The Bertz CT molecular complexity index is 1050. The van der Waals surface area contributed by atoms with E-state index in [0.717, 1.165) is 24.3 Å². The second-order valence-corrected chi connectivity index (χ2v) is 8.26. The number of esters is 1. The molecule has 0 unspecified atom stereocenters. The summed E-state index contributed by atoms with van der Waals surface area (Å²) in [5.41, 5.74) is -1.13. The standard InChI is InChI=1S/C20H21F3N2O5S/c1-3-25(4-2)31(28,29)17-10-5-7-14(11-17)19(27)30-13-18(26)24-16-9-6-8-15(12-16)20(21,22)23/h5-12H,3-4,13H2,1-2H3,(H,24,26). The van der Waals surface area contributed by atoms with Crippen LogP contribution < -0.4 is 5.32 Å². The molecular weight excluding hydrogens is 437 g/mol. The highest BCUT2D eigenvalue weighted by Crippen LogP contribution is 2.30. The molecule has 0 aliphatic heterocycles. The van der Waals surface area contributed by atoms with Gasteiger partial charge in [-0.25, -0.2) is 13.2 Å². The topological polar surface area (TPSA) is 92.8 Å². The van der Waals surface area contributed by atoms with E-state index in [1.54, 1.807) is 13.8 Å². The van der Waals surface area contributed by atoms with Gasteiger partial charge in [0.2, 0.25) is 10.0 Å². The van der Waals surface area contributed by atoms with Gasteiger partial charge >= 0.3 is 12.1 Å². The van der Waals surface area contributed by atoms with Crippen LogP contribution in [0.3, 0.4) is 0 Å². The van der Waals surface area contributed by atoms with Gasteiger partial charge in [-0.3, -0.25) is 4.79 Å². The van der Waals surface area contributed by atoms with Gasteiger partial charge in [-0.05, 0) is 36.4 Å². The van der Waals surface area contributed by atoms with Crippen molar-refractivity contribution in [3.05, 3.63) is 59.7 Å². The van der Waals surface area contributed by atoms with Crippen LogP contribution in [0, 0.1) is 0 Å². The Morgan fingerprint density at radius 1 is 1.03 bits per heavy atom. The Hall–Kier alpha value is -2.92. The number of hydrogen-bond donors (Lipinski definition) is 1. The highest BCUT2D eigenvalue weighted by molar-refractivity contribution is 7.89. The number of halogens is 3. The summed E-state index contributed by atoms with van der Waals surface area (Å²) < 4.78 is 69.4. The van der Waals surface area contributed by atoms with Crippen molar-refractivity contribution in [2.45, 2.75) is 24.9 Å². The Kier molecular flexibility index (Phi) is 7.80. The van der Waals surface area contributed by atoms with Crippen LogP contribution >= 0.6 is 0 Å². The number of ether oxygens (including phenoxy) is 1. The van der Waals surface area contributed by atoms with E-state index < -0.39 is 40.2 Å². The summed E-state index contributed by atoms with van der Waals surface area (Å²) in [7, 11) is -3.79. The number of benzene rings is 2. The fourth-order valence-corrected chi connectivity index (χ4v) is 4.19. The maximum atomic E-state index is 12.7. The van der Waals surface area contributed by atoms with Crippen molar-refractivity contribution in [3.63, 3.8) is 0 Å². The Labute approximate surface area is 177 Å². The molecule has 168 valence electrons. The van der Waals surface area contributed by atoms with E-state index in [9.17, 15) is 31.2 Å². The van der Waals surface area contributed by atoms with Crippen molar-refractivity contribution in [2.75, 3.05) is 25.0 Å². The zero-order valence-electron chi connectivity index (χ0n) is 16.8. The molecule has 0 saturated carbocycles. The minimum atomic E-state index is -4.57. The quantitative estimate of drug-likeness (QED) is 0.611. The molecule has 2 aromatic rings. The van der Waals surface area contributed by atoms with Gasteiger partial charge in [0.1, 0.15) is 0 Å². The molecule has 1 amide bonds. The van der Waals surface area contributed by atoms with Crippen molar-refractivity contribution < 1.29 is 35.9 Å². The summed E-state index contributed by atoms with van der Waals surface area (Å²) in [4.78, 5) is 24.0. The first kappa shape index (κ1) is 24.4. The van der Waals surface area contributed by atoms with Crippen LogP contribution in [-0.4, -0.2) is 44.3 Å². The van der Waals surface area contributed by atoms with E-state index in [2.05, 4.69) is 5.32 Å². The lowest BCUT2D eigenvalue weighted by molar-refractivity contribution is -0.137.